The van der Waals surface area contributed by atoms with Gasteiger partial charge in [-0.15, -0.1) is 12.4 Å². The van der Waals surface area contributed by atoms with Crippen LogP contribution in [0.4, 0.5) is 0 Å². The molecule has 18 atom stereocenters. The molecule has 5 aromatic carbocycles. The second-order valence-corrected chi connectivity index (χ2v) is 33.7. The van der Waals surface area contributed by atoms with E-state index >= 15 is 24.0 Å². The maximum Gasteiger partial charge on any atom is 0.339 e. The van der Waals surface area contributed by atoms with Gasteiger partial charge in [0.1, 0.15) is 89.5 Å². The number of benzene rings is 5. The van der Waals surface area contributed by atoms with Crippen LogP contribution in [-0.4, -0.2) is 227 Å². The zero-order valence-electron chi connectivity index (χ0n) is 67.5. The minimum atomic E-state index is -4.85. The summed E-state index contributed by atoms with van der Waals surface area (Å²) in [5, 5.41) is 144. The van der Waals surface area contributed by atoms with Gasteiger partial charge in [-0.05, 0) is 123 Å². The van der Waals surface area contributed by atoms with Crippen molar-refractivity contribution in [3.8, 4) is 57.1 Å². The van der Waals surface area contributed by atoms with Gasteiger partial charge in [-0.2, -0.15) is 0 Å². The molecule has 5 aromatic rings. The number of aliphatic hydroxyl groups excluding tert-OH is 6. The highest BCUT2D eigenvalue weighted by Crippen LogP contribution is 2.51. The van der Waals surface area contributed by atoms with Gasteiger partial charge >= 0.3 is 13.6 Å². The minimum absolute atomic E-state index is 0. The summed E-state index contributed by atoms with van der Waals surface area (Å²) < 4.78 is 51.4. The van der Waals surface area contributed by atoms with E-state index in [1.807, 2.05) is 13.8 Å². The molecule has 122 heavy (non-hydrogen) atoms. The Kier molecular flexibility index (Phi) is 33.9. The van der Waals surface area contributed by atoms with Crippen molar-refractivity contribution in [1.29, 1.82) is 0 Å². The van der Waals surface area contributed by atoms with Gasteiger partial charge < -0.3 is 148 Å². The fourth-order valence-electron chi connectivity index (χ4n) is 15.2. The number of carbonyl (C=O) groups excluding carboxylic acids is 7. The fraction of sp³-hybridized carbons (Fsp3) is 0.525. The van der Waals surface area contributed by atoms with Gasteiger partial charge in [-0.3, -0.25) is 38.1 Å². The highest BCUT2D eigenvalue weighted by Gasteiger charge is 2.52. The Hall–Kier alpha value is -8.84. The lowest BCUT2D eigenvalue weighted by Gasteiger charge is -2.48. The summed E-state index contributed by atoms with van der Waals surface area (Å²) in [4.78, 5) is 138. The summed E-state index contributed by atoms with van der Waals surface area (Å²) in [6, 6.07) is -2.39. The molecule has 2 saturated heterocycles. The monoisotopic (exact) mass is 1790 g/mol. The number of likely N-dealkylation sites (N-methyl/N-ethyl adjacent to an activating group) is 1. The van der Waals surface area contributed by atoms with Crippen molar-refractivity contribution >= 4 is 90.5 Å². The number of fused-ring (bicyclic) bond motifs is 15. The molecule has 2 fully saturated rings. The number of halogens is 3. The summed E-state index contributed by atoms with van der Waals surface area (Å²) >= 11 is 14.3. The Morgan fingerprint density at radius 1 is 0.697 bits per heavy atom. The maximum atomic E-state index is 16.3. The van der Waals surface area contributed by atoms with E-state index in [0.717, 1.165) is 86.5 Å². The summed E-state index contributed by atoms with van der Waals surface area (Å²) in [6.45, 7) is 8.98. The van der Waals surface area contributed by atoms with Crippen LogP contribution in [0.1, 0.15) is 169 Å². The molecule has 38 nitrogen and oxygen atoms in total. The number of aliphatic hydroxyl groups is 6. The number of aliphatic carboxylic acids is 1. The van der Waals surface area contributed by atoms with E-state index in [-0.39, 0.29) is 53.1 Å². The Labute approximate surface area is 717 Å². The molecule has 24 N–H and O–H groups in total. The average Bonchev–Trinajstić information content (AvgIpc) is 0.393. The van der Waals surface area contributed by atoms with E-state index in [9.17, 15) is 79.8 Å². The number of unbranched alkanes of at least 4 members (excludes halogenated alkanes) is 7. The zero-order valence-corrected chi connectivity index (χ0v) is 70.7. The Morgan fingerprint density at radius 2 is 1.30 bits per heavy atom. The summed E-state index contributed by atoms with van der Waals surface area (Å²) in [5.41, 5.74) is 0.545. The number of carboxylic acid groups (broad SMARTS) is 1. The number of nitrogens with two attached hydrogens (primary N) is 1. The number of hydrogen-bond acceptors (Lipinski definition) is 28. The Morgan fingerprint density at radius 3 is 1.90 bits per heavy atom. The average molecular weight is 1790 g/mol. The molecule has 670 valence electrons. The van der Waals surface area contributed by atoms with Crippen molar-refractivity contribution in [3.05, 3.63) is 116 Å². The van der Waals surface area contributed by atoms with Crippen molar-refractivity contribution in [2.45, 2.75) is 221 Å². The van der Waals surface area contributed by atoms with Crippen LogP contribution in [-0.2, 0) is 63.7 Å². The fourth-order valence-corrected chi connectivity index (χ4v) is 16.0. The lowest BCUT2D eigenvalue weighted by atomic mass is 9.85. The number of rotatable bonds is 30. The molecule has 7 aliphatic heterocycles. The number of phenolic OH excluding ortho intramolecular Hbond substituents is 3. The standard InChI is InChI=1S/C80H106Cl2N11O27P.ClH/c1-7-8-9-10-11-12-13-14-21-85-22-23-87-80(5)32-57(115-37(4)71(80)103)119-70-68(102)67(101)55(34-94)118-79(70)120-69-53-28-41-29-54(69)117-52-20-17-40(27-46(52)82)65(99)63-77(109)91-61(78(110)111)43-30-50(96)44(33-86-35-121(112,113)114)66(100)58(43)42-25-38(15-18-49(42)95)59(74(106)93-63)90-75(107)60(41)89-73(105)48(31-56(83)97)88-76(108)62(92-72(104)47(84-6)24-36(2)3)64(98)39-16-19-51(116-53)45(81)26-39;/h15-20,25-30,36-37,47-48,55,57,59-65,67-68,70-71,79,84-87,94-96,98-103H,7-14,21-24,31-35H2,1-6H3,(H2,83,97)(H,88,108)(H,89,105)(H,90,107)(H,91,109)(H,92,104)(H,93,106)(H,110,111)(H2,112,113,114);1H/t37-,47+,48-,55+,57-,59+,60+,61-,62+,63-,64+,65+,67+,68-,70+,71+,79-,80-;/m0./s1. The van der Waals surface area contributed by atoms with E-state index < -0.39 is 269 Å². The number of amides is 7. The van der Waals surface area contributed by atoms with Crippen LogP contribution < -0.4 is 73.1 Å². The second kappa shape index (κ2) is 42.7. The van der Waals surface area contributed by atoms with Crippen LogP contribution in [0.25, 0.3) is 11.1 Å². The summed E-state index contributed by atoms with van der Waals surface area (Å²) in [6.07, 6.45) is -10.6. The van der Waals surface area contributed by atoms with Crippen LogP contribution in [0, 0.1) is 5.92 Å². The topological polar surface area (TPSA) is 598 Å². The molecule has 11 bridgehead atoms. The van der Waals surface area contributed by atoms with Crippen molar-refractivity contribution in [3.63, 3.8) is 0 Å². The third-order valence-electron chi connectivity index (χ3n) is 21.7. The number of ether oxygens (including phenoxy) is 6. The maximum absolute atomic E-state index is 16.3. The van der Waals surface area contributed by atoms with Crippen LogP contribution >= 0.6 is 43.2 Å². The van der Waals surface area contributed by atoms with Gasteiger partial charge in [0.15, 0.2) is 29.9 Å². The van der Waals surface area contributed by atoms with Gasteiger partial charge in [-0.1, -0.05) is 107 Å². The molecular formula is C80H107Cl3N11O27P. The number of carbonyl (C=O) groups is 8. The quantitative estimate of drug-likeness (QED) is 0.0232. The number of phenols is 3. The lowest BCUT2D eigenvalue weighted by molar-refractivity contribution is -0.334. The van der Waals surface area contributed by atoms with E-state index in [4.69, 9.17) is 57.4 Å². The smallest absolute Gasteiger partial charge is 0.339 e. The second-order valence-electron chi connectivity index (χ2n) is 31.3. The highest BCUT2D eigenvalue weighted by atomic mass is 35.5. The number of nitrogens with one attached hydrogen (secondary N) is 10. The van der Waals surface area contributed by atoms with Gasteiger partial charge in [-0.25, -0.2) is 4.79 Å². The normalized spacial score (nSPS) is 26.5. The molecule has 7 heterocycles. The number of aromatic hydroxyl groups is 3. The predicted octanol–water partition coefficient (Wildman–Crippen LogP) is 3.11. The van der Waals surface area contributed by atoms with Gasteiger partial charge in [0, 0.05) is 48.3 Å². The number of hydrogen-bond donors (Lipinski definition) is 23. The first-order chi connectivity index (χ1) is 57.3. The van der Waals surface area contributed by atoms with E-state index in [1.165, 1.54) is 51.3 Å². The molecule has 0 spiro atoms. The third-order valence-corrected chi connectivity index (χ3v) is 22.9. The van der Waals surface area contributed by atoms with E-state index in [2.05, 4.69) is 60.1 Å². The van der Waals surface area contributed by atoms with Gasteiger partial charge in [0.05, 0.1) is 53.2 Å². The zero-order chi connectivity index (χ0) is 88.2. The highest BCUT2D eigenvalue weighted by molar-refractivity contribution is 7.51. The first-order valence-electron chi connectivity index (χ1n) is 39.7. The molecule has 0 aliphatic carbocycles. The lowest BCUT2D eigenvalue weighted by Crippen LogP contribution is -2.65. The molecular weight excluding hydrogens is 1680 g/mol. The third kappa shape index (κ3) is 23.6. The first kappa shape index (κ1) is 97.0. The first-order valence-corrected chi connectivity index (χ1v) is 42.3. The predicted molar refractivity (Wildman–Crippen MR) is 440 cm³/mol. The Balaban J connectivity index is 0.0000169. The molecule has 0 unspecified atom stereocenters. The van der Waals surface area contributed by atoms with Gasteiger partial charge in [0.25, 0.3) is 0 Å². The largest absolute Gasteiger partial charge is 0.507 e. The van der Waals surface area contributed by atoms with E-state index in [0.29, 0.717) is 13.1 Å². The van der Waals surface area contributed by atoms with Gasteiger partial charge in [0.2, 0.25) is 53.4 Å². The van der Waals surface area contributed by atoms with Crippen molar-refractivity contribution in [2.75, 3.05) is 39.6 Å². The van der Waals surface area contributed by atoms with Crippen LogP contribution in [0.5, 0.6) is 46.0 Å². The summed E-state index contributed by atoms with van der Waals surface area (Å²) in [7, 11) is -3.38. The van der Waals surface area contributed by atoms with Crippen molar-refractivity contribution in [2.24, 2.45) is 11.7 Å². The molecule has 0 radical (unpaired) electrons. The molecule has 7 amide bonds. The van der Waals surface area contributed by atoms with Crippen molar-refractivity contribution in [1.82, 2.24) is 53.2 Å². The SMILES string of the molecule is CCCCCCCCCCNCCN[C@@]1(C)C[C@H](O[C@H]2[C@H](Oc3c4cc5cc3Oc3ccc(cc3Cl)[C@@H](O)[C@@H](NC(=O)[C@@H](CC(C)C)NC)C(=O)N[C@@H](CC(N)=O)C(=O)N[C@H]5C(=O)N[C@H]3C(=O)N[C@H](C(=O)N[C@H](C(=O)O)c5cc(O)c(CNCP(=O)(O)O)c(O)c5-c5cc3ccc5O)[C@H](O)c3ccc(c(Cl)c3)O4)O[C@H](CO)[C@@H](O)[C@@H]2O)O[C@@H](C)[C@H]1O.Cl. The molecule has 0 aromatic heterocycles. The number of primary amides is 1. The van der Waals surface area contributed by atoms with Crippen LogP contribution in [0.3, 0.4) is 0 Å². The molecule has 42 heteroatoms. The molecule has 12 rings (SSSR count). The van der Waals surface area contributed by atoms with Crippen LogP contribution in [0.15, 0.2) is 72.8 Å². The van der Waals surface area contributed by atoms with Crippen LogP contribution in [0.2, 0.25) is 10.0 Å². The number of carboxylic acids is 1. The Bertz CT molecular complexity index is 4650. The molecule has 7 aliphatic rings. The van der Waals surface area contributed by atoms with E-state index in [1.54, 1.807) is 13.8 Å². The minimum Gasteiger partial charge on any atom is -0.507 e. The van der Waals surface area contributed by atoms with Crippen molar-refractivity contribution < 1.29 is 132 Å². The molecule has 0 saturated carbocycles. The summed E-state index contributed by atoms with van der Waals surface area (Å²) in [5.74, 6) is -17.1.